The number of nitrogens with zero attached hydrogens (tertiary/aromatic N) is 5. The lowest BCUT2D eigenvalue weighted by Gasteiger charge is -1.79. The van der Waals surface area contributed by atoms with Gasteiger partial charge in [0.25, 0.3) is 5.91 Å². The van der Waals surface area contributed by atoms with Gasteiger partial charge < -0.3 is 10.9 Å². The molecule has 0 atom stereocenters. The second-order valence-corrected chi connectivity index (χ2v) is 2.00. The molecular weight excluding hydrogens is 188 g/mol. The minimum atomic E-state index is -1.03. The smallest absolute Gasteiger partial charge is 0.281 e. The van der Waals surface area contributed by atoms with E-state index in [4.69, 9.17) is 10.5 Å². The fourth-order valence-electron chi connectivity index (χ4n) is 0.394. The van der Waals surface area contributed by atoms with Crippen LogP contribution in [-0.4, -0.2) is 31.8 Å². The van der Waals surface area contributed by atoms with Crippen LogP contribution in [0, 0.1) is 11.3 Å². The highest BCUT2D eigenvalue weighted by molar-refractivity contribution is 6.44. The van der Waals surface area contributed by atoms with Crippen LogP contribution in [-0.2, 0) is 11.8 Å². The first-order valence-electron chi connectivity index (χ1n) is 3.34. The Morgan fingerprint density at radius 3 is 2.50 bits per heavy atom. The van der Waals surface area contributed by atoms with E-state index in [2.05, 4.69) is 21.2 Å². The molecule has 8 heteroatoms. The van der Waals surface area contributed by atoms with Gasteiger partial charge in [-0.15, -0.1) is 5.10 Å². The maximum absolute atomic E-state index is 9.87. The first kappa shape index (κ1) is 11.6. The molecule has 74 valence electrons. The van der Waals surface area contributed by atoms with E-state index in [1.807, 2.05) is 7.05 Å². The predicted molar refractivity (Wildman–Crippen MR) is 45.0 cm³/mol. The lowest BCUT2D eigenvalue weighted by atomic mass is 10.4. The number of primary amides is 1. The highest BCUT2D eigenvalue weighted by atomic mass is 16.4. The normalized spacial score (nSPS) is 9.57. The Balaban J connectivity index is 0.000000249. The van der Waals surface area contributed by atoms with Crippen LogP contribution < -0.4 is 5.73 Å². The number of rotatable bonds is 1. The number of hydrogen-bond acceptors (Lipinski definition) is 6. The molecule has 0 spiro atoms. The molecule has 0 aliphatic heterocycles. The largest absolute Gasteiger partial charge is 0.410 e. The third-order valence-corrected chi connectivity index (χ3v) is 0.981. The van der Waals surface area contributed by atoms with E-state index in [9.17, 15) is 4.79 Å². The molecule has 1 aromatic rings. The molecule has 8 nitrogen and oxygen atoms in total. The van der Waals surface area contributed by atoms with Gasteiger partial charge in [-0.3, -0.25) is 9.48 Å². The van der Waals surface area contributed by atoms with Gasteiger partial charge in [-0.05, 0) is 0 Å². The molecule has 0 unspecified atom stereocenters. The molecular formula is C6H8N6O2. The molecule has 0 aliphatic rings. The van der Waals surface area contributed by atoms with Crippen LogP contribution in [0.25, 0.3) is 0 Å². The Kier molecular flexibility index (Phi) is 5.06. The van der Waals surface area contributed by atoms with Crippen LogP contribution >= 0.6 is 0 Å². The number of oxime groups is 1. The minimum Gasteiger partial charge on any atom is -0.410 e. The quantitative estimate of drug-likeness (QED) is 0.325. The van der Waals surface area contributed by atoms with Crippen molar-refractivity contribution in [3.05, 3.63) is 12.4 Å². The Hall–Kier alpha value is -2.43. The molecule has 0 aromatic carbocycles. The molecule has 0 saturated heterocycles. The average molecular weight is 196 g/mol. The first-order chi connectivity index (χ1) is 6.61. The van der Waals surface area contributed by atoms with Crippen molar-refractivity contribution in [1.29, 1.82) is 5.26 Å². The fourth-order valence-corrected chi connectivity index (χ4v) is 0.394. The van der Waals surface area contributed by atoms with E-state index in [1.165, 1.54) is 6.07 Å². The van der Waals surface area contributed by atoms with Crippen LogP contribution in [0.1, 0.15) is 0 Å². The number of amides is 1. The molecule has 1 amide bonds. The molecule has 0 aliphatic carbocycles. The zero-order chi connectivity index (χ0) is 11.0. The van der Waals surface area contributed by atoms with Crippen molar-refractivity contribution in [1.82, 2.24) is 15.0 Å². The van der Waals surface area contributed by atoms with Crippen LogP contribution in [0.4, 0.5) is 0 Å². The van der Waals surface area contributed by atoms with Gasteiger partial charge in [0.15, 0.2) is 0 Å². The molecule has 3 N–H and O–H groups in total. The summed E-state index contributed by atoms with van der Waals surface area (Å²) in [7, 11) is 1.83. The van der Waals surface area contributed by atoms with Gasteiger partial charge >= 0.3 is 0 Å². The summed E-state index contributed by atoms with van der Waals surface area (Å²) in [6, 6.07) is 1.28. The standard InChI is InChI=1S/C3H3N3O2.C3H5N3/c4-1-2(6-8)3(5)7;1-6-3-2-4-5-6/h8H,(H2,5,7);2-3H,1H3. The third kappa shape index (κ3) is 4.45. The summed E-state index contributed by atoms with van der Waals surface area (Å²) in [5, 5.41) is 25.0. The second-order valence-electron chi connectivity index (χ2n) is 2.00. The number of carbonyl (C=O) groups excluding carboxylic acids is 1. The lowest BCUT2D eigenvalue weighted by Crippen LogP contribution is -2.21. The van der Waals surface area contributed by atoms with Crippen molar-refractivity contribution in [2.75, 3.05) is 0 Å². The number of nitriles is 1. The summed E-state index contributed by atoms with van der Waals surface area (Å²) < 4.78 is 1.64. The van der Waals surface area contributed by atoms with Crippen LogP contribution in [0.15, 0.2) is 17.5 Å². The van der Waals surface area contributed by atoms with Crippen LogP contribution in [0.5, 0.6) is 0 Å². The van der Waals surface area contributed by atoms with Crippen molar-refractivity contribution in [2.45, 2.75) is 0 Å². The summed E-state index contributed by atoms with van der Waals surface area (Å²) in [6.45, 7) is 0. The van der Waals surface area contributed by atoms with Crippen molar-refractivity contribution in [2.24, 2.45) is 17.9 Å². The maximum Gasteiger partial charge on any atom is 0.281 e. The molecule has 1 rings (SSSR count). The van der Waals surface area contributed by atoms with Gasteiger partial charge in [-0.2, -0.15) is 5.26 Å². The predicted octanol–water partition coefficient (Wildman–Crippen LogP) is -1.36. The maximum atomic E-state index is 9.87. The van der Waals surface area contributed by atoms with Gasteiger partial charge in [0, 0.05) is 13.2 Å². The Morgan fingerprint density at radius 1 is 1.79 bits per heavy atom. The van der Waals surface area contributed by atoms with Crippen molar-refractivity contribution in [3.63, 3.8) is 0 Å². The Labute approximate surface area is 79.2 Å². The first-order valence-corrected chi connectivity index (χ1v) is 3.34. The summed E-state index contributed by atoms with van der Waals surface area (Å²) in [5.41, 5.74) is 3.82. The highest BCUT2D eigenvalue weighted by Crippen LogP contribution is 1.68. The van der Waals surface area contributed by atoms with Crippen molar-refractivity contribution >= 4 is 11.6 Å². The van der Waals surface area contributed by atoms with Gasteiger partial charge in [0.2, 0.25) is 5.71 Å². The Morgan fingerprint density at radius 2 is 2.43 bits per heavy atom. The topological polar surface area (TPSA) is 130 Å². The van der Waals surface area contributed by atoms with Crippen molar-refractivity contribution < 1.29 is 10.0 Å². The highest BCUT2D eigenvalue weighted by Gasteiger charge is 2.02. The second kappa shape index (κ2) is 6.13. The average Bonchev–Trinajstić information content (AvgIpc) is 2.58. The van der Waals surface area contributed by atoms with E-state index < -0.39 is 11.6 Å². The zero-order valence-electron chi connectivity index (χ0n) is 7.32. The molecule has 0 saturated carbocycles. The lowest BCUT2D eigenvalue weighted by molar-refractivity contribution is -0.112. The fraction of sp³-hybridized carbons (Fsp3) is 0.167. The number of aromatic nitrogens is 3. The summed E-state index contributed by atoms with van der Waals surface area (Å²) >= 11 is 0. The van der Waals surface area contributed by atoms with E-state index in [0.717, 1.165) is 0 Å². The number of nitrogens with two attached hydrogens (primary N) is 1. The monoisotopic (exact) mass is 196 g/mol. The molecule has 1 heterocycles. The summed E-state index contributed by atoms with van der Waals surface area (Å²) in [6.07, 6.45) is 3.42. The third-order valence-electron chi connectivity index (χ3n) is 0.981. The van der Waals surface area contributed by atoms with Gasteiger partial charge in [-0.25, -0.2) is 0 Å². The van der Waals surface area contributed by atoms with Crippen molar-refractivity contribution in [3.8, 4) is 6.07 Å². The van der Waals surface area contributed by atoms with Gasteiger partial charge in [0.1, 0.15) is 6.07 Å². The SMILES string of the molecule is Cn1ccnn1.N#CC(=NO)C(N)=O. The summed E-state index contributed by atoms with van der Waals surface area (Å²) in [5.74, 6) is -1.03. The van der Waals surface area contributed by atoms with E-state index >= 15 is 0 Å². The van der Waals surface area contributed by atoms with E-state index in [-0.39, 0.29) is 0 Å². The van der Waals surface area contributed by atoms with E-state index in [1.54, 1.807) is 17.1 Å². The zero-order valence-corrected chi connectivity index (χ0v) is 7.32. The van der Waals surface area contributed by atoms with Crippen LogP contribution in [0.2, 0.25) is 0 Å². The Bertz CT molecular complexity index is 349. The van der Waals surface area contributed by atoms with Gasteiger partial charge in [-0.1, -0.05) is 10.4 Å². The van der Waals surface area contributed by atoms with Crippen LogP contribution in [0.3, 0.4) is 0 Å². The molecule has 0 radical (unpaired) electrons. The molecule has 0 fully saturated rings. The molecule has 14 heavy (non-hydrogen) atoms. The molecule has 1 aromatic heterocycles. The number of aryl methyl sites for hydroxylation is 1. The van der Waals surface area contributed by atoms with Gasteiger partial charge in [0.05, 0.1) is 6.20 Å². The number of hydrogen-bond donors (Lipinski definition) is 2. The molecule has 0 bridgehead atoms. The number of carbonyl (C=O) groups is 1. The minimum absolute atomic E-state index is 0.690. The summed E-state index contributed by atoms with van der Waals surface area (Å²) in [4.78, 5) is 9.87. The van der Waals surface area contributed by atoms with E-state index in [0.29, 0.717) is 0 Å².